The summed E-state index contributed by atoms with van der Waals surface area (Å²) in [7, 11) is 2.17. The van der Waals surface area contributed by atoms with Crippen LogP contribution in [0.1, 0.15) is 26.7 Å². The summed E-state index contributed by atoms with van der Waals surface area (Å²) < 4.78 is 10.5. The molecule has 2 nitrogen and oxygen atoms in total. The summed E-state index contributed by atoms with van der Waals surface area (Å²) in [6.45, 7) is 4.40. The van der Waals surface area contributed by atoms with Crippen LogP contribution in [0.3, 0.4) is 0 Å². The Balaban J connectivity index is 3.55. The standard InChI is InChI=1S/C10H22O2Si/c1-5-6-7-10(2)8-9-13(11-3)12-4/h6-7,10,13H,5,8-9H2,1-4H3. The van der Waals surface area contributed by atoms with Crippen LogP contribution in [0, 0.1) is 5.92 Å². The van der Waals surface area contributed by atoms with Gasteiger partial charge in [-0.15, -0.1) is 0 Å². The summed E-state index contributed by atoms with van der Waals surface area (Å²) in [4.78, 5) is 0. The Morgan fingerprint density at radius 3 is 2.38 bits per heavy atom. The van der Waals surface area contributed by atoms with Crippen molar-refractivity contribution < 1.29 is 8.85 Å². The smallest absolute Gasteiger partial charge is 0.320 e. The summed E-state index contributed by atoms with van der Waals surface area (Å²) in [6.07, 6.45) is 6.80. The van der Waals surface area contributed by atoms with E-state index in [2.05, 4.69) is 26.0 Å². The minimum Gasteiger partial charge on any atom is -0.400 e. The zero-order chi connectivity index (χ0) is 10.1. The van der Waals surface area contributed by atoms with Gasteiger partial charge in [0.1, 0.15) is 0 Å². The fourth-order valence-electron chi connectivity index (χ4n) is 1.20. The molecule has 0 heterocycles. The molecule has 0 aromatic heterocycles. The van der Waals surface area contributed by atoms with E-state index in [9.17, 15) is 0 Å². The van der Waals surface area contributed by atoms with Crippen LogP contribution in [0.15, 0.2) is 12.2 Å². The molecule has 1 unspecified atom stereocenters. The molecule has 0 fully saturated rings. The maximum atomic E-state index is 5.25. The van der Waals surface area contributed by atoms with Crippen LogP contribution in [0.5, 0.6) is 0 Å². The molecule has 0 aliphatic heterocycles. The van der Waals surface area contributed by atoms with Crippen molar-refractivity contribution in [2.45, 2.75) is 32.7 Å². The minimum absolute atomic E-state index is 0.653. The van der Waals surface area contributed by atoms with Crippen molar-refractivity contribution in [3.05, 3.63) is 12.2 Å². The predicted molar refractivity (Wildman–Crippen MR) is 59.2 cm³/mol. The highest BCUT2D eigenvalue weighted by Crippen LogP contribution is 2.10. The Hall–Kier alpha value is -0.123. The van der Waals surface area contributed by atoms with E-state index in [0.717, 1.165) is 12.5 Å². The fraction of sp³-hybridized carbons (Fsp3) is 0.800. The van der Waals surface area contributed by atoms with Gasteiger partial charge in [0.25, 0.3) is 0 Å². The van der Waals surface area contributed by atoms with Crippen molar-refractivity contribution in [1.29, 1.82) is 0 Å². The molecule has 13 heavy (non-hydrogen) atoms. The highest BCUT2D eigenvalue weighted by Gasteiger charge is 2.10. The summed E-state index contributed by atoms with van der Waals surface area (Å²) in [5.41, 5.74) is 0. The minimum atomic E-state index is -1.32. The number of hydrogen-bond donors (Lipinski definition) is 0. The number of rotatable bonds is 7. The van der Waals surface area contributed by atoms with Crippen LogP contribution in [-0.2, 0) is 8.85 Å². The summed E-state index contributed by atoms with van der Waals surface area (Å²) in [5.74, 6) is 0.653. The van der Waals surface area contributed by atoms with Crippen LogP contribution in [0.2, 0.25) is 6.04 Å². The van der Waals surface area contributed by atoms with E-state index in [1.54, 1.807) is 14.2 Å². The van der Waals surface area contributed by atoms with Gasteiger partial charge in [0.15, 0.2) is 0 Å². The Morgan fingerprint density at radius 2 is 1.92 bits per heavy atom. The third-order valence-corrected chi connectivity index (χ3v) is 3.94. The van der Waals surface area contributed by atoms with Gasteiger partial charge in [-0.1, -0.05) is 26.0 Å². The van der Waals surface area contributed by atoms with E-state index in [1.807, 2.05) is 0 Å². The van der Waals surface area contributed by atoms with Gasteiger partial charge in [-0.05, 0) is 24.8 Å². The van der Waals surface area contributed by atoms with Gasteiger partial charge >= 0.3 is 9.28 Å². The van der Waals surface area contributed by atoms with E-state index >= 15 is 0 Å². The Morgan fingerprint density at radius 1 is 1.31 bits per heavy atom. The van der Waals surface area contributed by atoms with Crippen LogP contribution in [-0.4, -0.2) is 23.5 Å². The first-order valence-electron chi connectivity index (χ1n) is 4.96. The molecule has 0 saturated carbocycles. The Kier molecular flexibility index (Phi) is 8.39. The maximum Gasteiger partial charge on any atom is 0.320 e. The lowest BCUT2D eigenvalue weighted by atomic mass is 10.1. The molecule has 0 rings (SSSR count). The van der Waals surface area contributed by atoms with Crippen molar-refractivity contribution >= 4 is 9.28 Å². The van der Waals surface area contributed by atoms with Gasteiger partial charge in [-0.2, -0.15) is 0 Å². The zero-order valence-corrected chi connectivity index (χ0v) is 10.4. The highest BCUT2D eigenvalue weighted by molar-refractivity contribution is 6.44. The van der Waals surface area contributed by atoms with E-state index in [1.165, 1.54) is 6.42 Å². The first kappa shape index (κ1) is 12.9. The summed E-state index contributed by atoms with van der Waals surface area (Å²) in [6, 6.07) is 1.10. The van der Waals surface area contributed by atoms with Crippen molar-refractivity contribution in [2.24, 2.45) is 5.92 Å². The number of hydrogen-bond acceptors (Lipinski definition) is 2. The van der Waals surface area contributed by atoms with Crippen LogP contribution < -0.4 is 0 Å². The largest absolute Gasteiger partial charge is 0.400 e. The van der Waals surface area contributed by atoms with E-state index in [4.69, 9.17) is 8.85 Å². The lowest BCUT2D eigenvalue weighted by Crippen LogP contribution is -2.19. The van der Waals surface area contributed by atoms with E-state index < -0.39 is 9.28 Å². The SMILES string of the molecule is CCC=CC(C)CC[SiH](OC)OC. The number of allylic oxidation sites excluding steroid dienone is 2. The predicted octanol–water partition coefficient (Wildman–Crippen LogP) is 2.49. The molecule has 0 aliphatic rings. The molecule has 78 valence electrons. The summed E-state index contributed by atoms with van der Waals surface area (Å²) >= 11 is 0. The third kappa shape index (κ3) is 6.99. The second-order valence-electron chi connectivity index (χ2n) is 3.29. The van der Waals surface area contributed by atoms with Crippen molar-refractivity contribution in [3.8, 4) is 0 Å². The molecule has 0 amide bonds. The molecule has 0 radical (unpaired) electrons. The fourth-order valence-corrected chi connectivity index (χ4v) is 2.66. The molecule has 0 aromatic rings. The van der Waals surface area contributed by atoms with Gasteiger partial charge < -0.3 is 8.85 Å². The van der Waals surface area contributed by atoms with E-state index in [-0.39, 0.29) is 0 Å². The molecule has 0 aromatic carbocycles. The zero-order valence-electron chi connectivity index (χ0n) is 9.25. The molecule has 3 heteroatoms. The molecule has 0 bridgehead atoms. The highest BCUT2D eigenvalue weighted by atomic mass is 28.3. The lowest BCUT2D eigenvalue weighted by molar-refractivity contribution is 0.275. The average molecular weight is 202 g/mol. The summed E-state index contributed by atoms with van der Waals surface area (Å²) in [5, 5.41) is 0. The second-order valence-corrected chi connectivity index (χ2v) is 5.67. The van der Waals surface area contributed by atoms with Gasteiger partial charge in [-0.25, -0.2) is 0 Å². The first-order valence-corrected chi connectivity index (χ1v) is 6.72. The van der Waals surface area contributed by atoms with Gasteiger partial charge in [0.2, 0.25) is 0 Å². The lowest BCUT2D eigenvalue weighted by Gasteiger charge is -2.12. The normalized spacial score (nSPS) is 14.2. The van der Waals surface area contributed by atoms with Crippen molar-refractivity contribution in [2.75, 3.05) is 14.2 Å². The second kappa shape index (κ2) is 8.47. The Bertz CT molecular complexity index is 133. The molecule has 0 aliphatic carbocycles. The molecule has 0 spiro atoms. The average Bonchev–Trinajstić information content (AvgIpc) is 2.16. The monoisotopic (exact) mass is 202 g/mol. The quantitative estimate of drug-likeness (QED) is 0.466. The first-order chi connectivity index (χ1) is 6.24. The molecule has 1 atom stereocenters. The topological polar surface area (TPSA) is 18.5 Å². The van der Waals surface area contributed by atoms with Gasteiger partial charge in [-0.3, -0.25) is 0 Å². The molecule has 0 saturated heterocycles. The molecule has 0 N–H and O–H groups in total. The van der Waals surface area contributed by atoms with Crippen LogP contribution in [0.4, 0.5) is 0 Å². The van der Waals surface area contributed by atoms with Crippen molar-refractivity contribution in [3.63, 3.8) is 0 Å². The molecular weight excluding hydrogens is 180 g/mol. The maximum absolute atomic E-state index is 5.25. The van der Waals surface area contributed by atoms with E-state index in [0.29, 0.717) is 5.92 Å². The van der Waals surface area contributed by atoms with Crippen molar-refractivity contribution in [1.82, 2.24) is 0 Å². The van der Waals surface area contributed by atoms with Gasteiger partial charge in [0.05, 0.1) is 0 Å². The third-order valence-electron chi connectivity index (χ3n) is 2.08. The Labute approximate surface area is 83.8 Å². The van der Waals surface area contributed by atoms with Gasteiger partial charge in [0, 0.05) is 14.2 Å². The molecular formula is C10H22O2Si. The van der Waals surface area contributed by atoms with Crippen LogP contribution >= 0.6 is 0 Å². The van der Waals surface area contributed by atoms with Crippen LogP contribution in [0.25, 0.3) is 0 Å².